The van der Waals surface area contributed by atoms with Gasteiger partial charge < -0.3 is 33.3 Å². The molecule has 66 heavy (non-hydrogen) atoms. The molecule has 6 aliphatic rings. The Morgan fingerprint density at radius 3 is 2.20 bits per heavy atom. The molecule has 0 aromatic carbocycles. The van der Waals surface area contributed by atoms with E-state index in [1.165, 1.54) is 128 Å². The summed E-state index contributed by atoms with van der Waals surface area (Å²) in [6, 6.07) is 0. The SMILES string of the molecule is CCCCCC=CCC=CCCCCCCCCOCC(CN1CCC2(CC1)OCCO2)OCCOCCO[C@H]1CC[C@@]2(C)C(=CCC3C2CC[C@@]2(C)C3CC[C@@H]2[C@H](C)CCCC(C)C)C1. The summed E-state index contributed by atoms with van der Waals surface area (Å²) in [5.74, 6) is 4.96. The summed E-state index contributed by atoms with van der Waals surface area (Å²) in [6.45, 7) is 23.2. The number of fused-ring (bicyclic) bond motifs is 5. The summed E-state index contributed by atoms with van der Waals surface area (Å²) >= 11 is 0. The van der Waals surface area contributed by atoms with Gasteiger partial charge in [0, 0.05) is 39.1 Å². The first-order valence-corrected chi connectivity index (χ1v) is 28.5. The van der Waals surface area contributed by atoms with Crippen LogP contribution in [-0.4, -0.2) is 95.4 Å². The molecule has 4 aliphatic carbocycles. The molecule has 0 bridgehead atoms. The van der Waals surface area contributed by atoms with Crippen LogP contribution in [0.25, 0.3) is 0 Å². The van der Waals surface area contributed by atoms with Gasteiger partial charge in [0.15, 0.2) is 5.79 Å². The van der Waals surface area contributed by atoms with Crippen LogP contribution in [0.3, 0.4) is 0 Å². The monoisotopic (exact) mass is 922 g/mol. The van der Waals surface area contributed by atoms with E-state index in [0.717, 1.165) is 107 Å². The lowest BCUT2D eigenvalue weighted by Crippen LogP contribution is -2.51. The molecule has 2 heterocycles. The zero-order valence-corrected chi connectivity index (χ0v) is 43.9. The van der Waals surface area contributed by atoms with Crippen molar-refractivity contribution in [3.8, 4) is 0 Å². The van der Waals surface area contributed by atoms with E-state index >= 15 is 0 Å². The van der Waals surface area contributed by atoms with Crippen molar-refractivity contribution in [2.24, 2.45) is 46.3 Å². The van der Waals surface area contributed by atoms with Gasteiger partial charge in [-0.15, -0.1) is 0 Å². The molecule has 5 fully saturated rings. The zero-order valence-electron chi connectivity index (χ0n) is 43.9. The fraction of sp³-hybridized carbons (Fsp3) is 0.898. The van der Waals surface area contributed by atoms with E-state index in [1.54, 1.807) is 5.57 Å². The van der Waals surface area contributed by atoms with Crippen molar-refractivity contribution in [2.75, 3.05) is 72.5 Å². The molecule has 7 heteroatoms. The highest BCUT2D eigenvalue weighted by molar-refractivity contribution is 5.25. The number of allylic oxidation sites excluding steroid dienone is 5. The normalized spacial score (nSPS) is 30.9. The minimum atomic E-state index is -0.350. The van der Waals surface area contributed by atoms with E-state index in [-0.39, 0.29) is 11.9 Å². The maximum absolute atomic E-state index is 6.54. The Labute approximate surface area is 406 Å². The third-order valence-corrected chi connectivity index (χ3v) is 18.1. The van der Waals surface area contributed by atoms with Gasteiger partial charge in [0.1, 0.15) is 0 Å². The van der Waals surface area contributed by atoms with Crippen molar-refractivity contribution < 1.29 is 28.4 Å². The van der Waals surface area contributed by atoms with Crippen LogP contribution in [0.5, 0.6) is 0 Å². The smallest absolute Gasteiger partial charge is 0.170 e. The minimum Gasteiger partial charge on any atom is -0.379 e. The van der Waals surface area contributed by atoms with Crippen molar-refractivity contribution in [3.63, 3.8) is 0 Å². The molecular formula is C59H103NO6. The fourth-order valence-electron chi connectivity index (χ4n) is 14.2. The number of ether oxygens (including phenoxy) is 6. The average molecular weight is 922 g/mol. The Bertz CT molecular complexity index is 1410. The van der Waals surface area contributed by atoms with Crippen LogP contribution in [0.2, 0.25) is 0 Å². The lowest BCUT2D eigenvalue weighted by Gasteiger charge is -2.58. The van der Waals surface area contributed by atoms with Gasteiger partial charge in [-0.05, 0) is 136 Å². The molecule has 3 saturated carbocycles. The quantitative estimate of drug-likeness (QED) is 0.0492. The molecule has 2 saturated heterocycles. The maximum Gasteiger partial charge on any atom is 0.170 e. The van der Waals surface area contributed by atoms with Crippen molar-refractivity contribution in [1.82, 2.24) is 4.90 Å². The highest BCUT2D eigenvalue weighted by Gasteiger charge is 2.59. The number of piperidine rings is 1. The summed E-state index contributed by atoms with van der Waals surface area (Å²) < 4.78 is 37.4. The number of nitrogens with zero attached hydrogens (tertiary/aromatic N) is 1. The standard InChI is InChI=1S/C59H103NO6/c1-7-8-9-10-11-12-13-14-15-16-17-18-19-20-21-22-38-62-47-52(46-60-36-34-59(35-37-60)65-43-44-66-59)64-42-40-61-39-41-63-51-30-32-57(5)50(45-51)26-27-53-55-29-28-54(49(4)25-23-24-48(2)3)58(55,6)33-31-56(53)57/h11-12,14-15,26,48-49,51-56H,7-10,13,16-25,27-47H2,1-6H3/t49-,51+,52?,53?,54-,55?,56?,57+,58-/m1/s1. The Balaban J connectivity index is 0.834. The van der Waals surface area contributed by atoms with Gasteiger partial charge in [0.2, 0.25) is 0 Å². The van der Waals surface area contributed by atoms with Crippen LogP contribution in [0.15, 0.2) is 36.0 Å². The molecule has 4 unspecified atom stereocenters. The number of likely N-dealkylation sites (tertiary alicyclic amines) is 1. The van der Waals surface area contributed by atoms with Crippen LogP contribution in [0.1, 0.15) is 202 Å². The van der Waals surface area contributed by atoms with Gasteiger partial charge in [-0.25, -0.2) is 0 Å². The summed E-state index contributed by atoms with van der Waals surface area (Å²) in [6.07, 6.45) is 44.4. The summed E-state index contributed by atoms with van der Waals surface area (Å²) in [5, 5.41) is 0. The van der Waals surface area contributed by atoms with Crippen LogP contribution >= 0.6 is 0 Å². The Morgan fingerprint density at radius 2 is 1.44 bits per heavy atom. The first kappa shape index (κ1) is 54.3. The fourth-order valence-corrected chi connectivity index (χ4v) is 14.2. The molecule has 6 rings (SSSR count). The lowest BCUT2D eigenvalue weighted by molar-refractivity contribution is -0.187. The Morgan fingerprint density at radius 1 is 0.712 bits per heavy atom. The number of rotatable bonds is 32. The molecular weight excluding hydrogens is 819 g/mol. The summed E-state index contributed by atoms with van der Waals surface area (Å²) in [4.78, 5) is 2.50. The molecule has 9 atom stereocenters. The predicted molar refractivity (Wildman–Crippen MR) is 274 cm³/mol. The van der Waals surface area contributed by atoms with Gasteiger partial charge in [0.25, 0.3) is 0 Å². The molecule has 2 aliphatic heterocycles. The van der Waals surface area contributed by atoms with Gasteiger partial charge in [-0.1, -0.05) is 135 Å². The average Bonchev–Trinajstić information content (AvgIpc) is 3.92. The topological polar surface area (TPSA) is 58.6 Å². The van der Waals surface area contributed by atoms with Gasteiger partial charge in [-0.3, -0.25) is 0 Å². The highest BCUT2D eigenvalue weighted by atomic mass is 16.7. The molecule has 0 aromatic rings. The zero-order chi connectivity index (χ0) is 46.5. The number of unbranched alkanes of at least 4 members (excludes halogenated alkanes) is 9. The van der Waals surface area contributed by atoms with Gasteiger partial charge in [0.05, 0.1) is 58.5 Å². The third-order valence-electron chi connectivity index (χ3n) is 18.1. The van der Waals surface area contributed by atoms with Crippen LogP contribution in [0, 0.1) is 46.3 Å². The first-order valence-electron chi connectivity index (χ1n) is 28.5. The van der Waals surface area contributed by atoms with Crippen LogP contribution in [0.4, 0.5) is 0 Å². The second-order valence-electron chi connectivity index (χ2n) is 23.2. The van der Waals surface area contributed by atoms with Crippen molar-refractivity contribution in [2.45, 2.75) is 220 Å². The van der Waals surface area contributed by atoms with E-state index in [4.69, 9.17) is 28.4 Å². The molecule has 380 valence electrons. The largest absolute Gasteiger partial charge is 0.379 e. The van der Waals surface area contributed by atoms with E-state index in [9.17, 15) is 0 Å². The minimum absolute atomic E-state index is 0.0324. The Hall–Kier alpha value is -1.06. The van der Waals surface area contributed by atoms with Crippen LogP contribution in [-0.2, 0) is 28.4 Å². The number of hydrogen-bond acceptors (Lipinski definition) is 7. The molecule has 7 nitrogen and oxygen atoms in total. The second kappa shape index (κ2) is 28.7. The van der Waals surface area contributed by atoms with Crippen molar-refractivity contribution in [3.05, 3.63) is 36.0 Å². The van der Waals surface area contributed by atoms with Gasteiger partial charge >= 0.3 is 0 Å². The van der Waals surface area contributed by atoms with Crippen molar-refractivity contribution >= 4 is 0 Å². The third kappa shape index (κ3) is 16.2. The number of hydrogen-bond donors (Lipinski definition) is 0. The maximum atomic E-state index is 6.54. The van der Waals surface area contributed by atoms with Crippen LogP contribution < -0.4 is 0 Å². The second-order valence-corrected chi connectivity index (χ2v) is 23.2. The highest BCUT2D eigenvalue weighted by Crippen LogP contribution is 2.67. The first-order chi connectivity index (χ1) is 32.2. The predicted octanol–water partition coefficient (Wildman–Crippen LogP) is 14.5. The molecule has 0 amide bonds. The Kier molecular flexibility index (Phi) is 23.6. The molecule has 0 N–H and O–H groups in total. The molecule has 0 radical (unpaired) electrons. The molecule has 1 spiro atoms. The molecule has 0 aromatic heterocycles. The van der Waals surface area contributed by atoms with E-state index in [2.05, 4.69) is 76.8 Å². The summed E-state index contributed by atoms with van der Waals surface area (Å²) in [7, 11) is 0. The van der Waals surface area contributed by atoms with Gasteiger partial charge in [-0.2, -0.15) is 0 Å². The van der Waals surface area contributed by atoms with Crippen molar-refractivity contribution in [1.29, 1.82) is 0 Å². The van der Waals surface area contributed by atoms with E-state index in [0.29, 0.717) is 50.0 Å². The van der Waals surface area contributed by atoms with E-state index < -0.39 is 0 Å². The summed E-state index contributed by atoms with van der Waals surface area (Å²) in [5.41, 5.74) is 2.65. The lowest BCUT2D eigenvalue weighted by atomic mass is 9.47. The van der Waals surface area contributed by atoms with E-state index in [1.807, 2.05) is 0 Å².